The van der Waals surface area contributed by atoms with Crippen LogP contribution in [0.2, 0.25) is 0 Å². The molecule has 5 heteroatoms. The molecule has 2 unspecified atom stereocenters. The molecule has 3 aliphatic heterocycles. The first kappa shape index (κ1) is 8.62. The maximum Gasteiger partial charge on any atom is 0.225 e. The standard InChI is InChI=1S/C10H11N5/c11-2-7-3-12-10(13-4-7)15-5-8-1-9(6-15)14-8/h3-4,8-9,14H,1,5-6H2. The molecule has 0 aromatic carbocycles. The van der Waals surface area contributed by atoms with Gasteiger partial charge in [-0.1, -0.05) is 0 Å². The number of anilines is 1. The zero-order valence-electron chi connectivity index (χ0n) is 8.22. The minimum absolute atomic E-state index is 0.513. The van der Waals surface area contributed by atoms with Gasteiger partial charge in [-0.2, -0.15) is 5.26 Å². The lowest BCUT2D eigenvalue weighted by molar-refractivity contribution is 0.224. The van der Waals surface area contributed by atoms with Gasteiger partial charge in [-0.3, -0.25) is 0 Å². The summed E-state index contributed by atoms with van der Waals surface area (Å²) in [6.45, 7) is 1.95. The maximum atomic E-state index is 8.63. The Kier molecular flexibility index (Phi) is 1.82. The SMILES string of the molecule is N#Cc1cnc(N2CC3CC(C2)N3)nc1. The molecular formula is C10H11N5. The summed E-state index contributed by atoms with van der Waals surface area (Å²) in [6, 6.07) is 3.22. The van der Waals surface area contributed by atoms with Crippen LogP contribution >= 0.6 is 0 Å². The van der Waals surface area contributed by atoms with Gasteiger partial charge in [0, 0.05) is 25.2 Å². The van der Waals surface area contributed by atoms with Crippen molar-refractivity contribution >= 4 is 5.95 Å². The molecule has 5 nitrogen and oxygen atoms in total. The molecule has 0 aliphatic carbocycles. The van der Waals surface area contributed by atoms with E-state index in [1.165, 1.54) is 6.42 Å². The molecule has 1 aromatic rings. The molecule has 0 spiro atoms. The van der Waals surface area contributed by atoms with Crippen molar-refractivity contribution in [2.75, 3.05) is 18.0 Å². The Bertz CT molecular complexity index is 391. The van der Waals surface area contributed by atoms with Crippen molar-refractivity contribution < 1.29 is 0 Å². The van der Waals surface area contributed by atoms with Crippen LogP contribution in [0, 0.1) is 11.3 Å². The van der Waals surface area contributed by atoms with E-state index in [0.29, 0.717) is 17.6 Å². The van der Waals surface area contributed by atoms with E-state index in [1.807, 2.05) is 6.07 Å². The Hall–Kier alpha value is -1.67. The van der Waals surface area contributed by atoms with Crippen LogP contribution in [0.5, 0.6) is 0 Å². The number of piperidine rings is 1. The van der Waals surface area contributed by atoms with E-state index in [2.05, 4.69) is 20.2 Å². The summed E-state index contributed by atoms with van der Waals surface area (Å²) < 4.78 is 0. The highest BCUT2D eigenvalue weighted by Gasteiger charge is 2.37. The number of nitrogens with one attached hydrogen (secondary N) is 1. The van der Waals surface area contributed by atoms with E-state index in [-0.39, 0.29) is 0 Å². The van der Waals surface area contributed by atoms with Crippen LogP contribution in [0.1, 0.15) is 12.0 Å². The molecule has 76 valence electrons. The van der Waals surface area contributed by atoms with Crippen molar-refractivity contribution in [3.63, 3.8) is 0 Å². The van der Waals surface area contributed by atoms with Crippen molar-refractivity contribution in [1.82, 2.24) is 15.3 Å². The number of aromatic nitrogens is 2. The minimum Gasteiger partial charge on any atom is -0.338 e. The fraction of sp³-hybridized carbons (Fsp3) is 0.500. The summed E-state index contributed by atoms with van der Waals surface area (Å²) in [5.74, 6) is 0.741. The second-order valence-corrected chi connectivity index (χ2v) is 4.08. The van der Waals surface area contributed by atoms with Gasteiger partial charge in [0.25, 0.3) is 0 Å². The number of piperazine rings is 1. The molecule has 0 amide bonds. The van der Waals surface area contributed by atoms with Crippen LogP contribution in [0.15, 0.2) is 12.4 Å². The Balaban J connectivity index is 1.78. The van der Waals surface area contributed by atoms with Crippen LogP contribution in [0.4, 0.5) is 5.95 Å². The molecule has 0 saturated carbocycles. The summed E-state index contributed by atoms with van der Waals surface area (Å²) in [6.07, 6.45) is 4.43. The molecule has 2 bridgehead atoms. The van der Waals surface area contributed by atoms with Crippen LogP contribution in [-0.2, 0) is 0 Å². The molecule has 1 aromatic heterocycles. The predicted octanol–water partition coefficient (Wildman–Crippen LogP) is -0.101. The maximum absolute atomic E-state index is 8.63. The normalized spacial score (nSPS) is 28.1. The smallest absolute Gasteiger partial charge is 0.225 e. The van der Waals surface area contributed by atoms with Gasteiger partial charge in [-0.05, 0) is 6.42 Å². The number of rotatable bonds is 1. The second kappa shape index (κ2) is 3.17. The lowest BCUT2D eigenvalue weighted by atomic mass is 9.92. The van der Waals surface area contributed by atoms with Gasteiger partial charge < -0.3 is 10.2 Å². The van der Waals surface area contributed by atoms with E-state index < -0.39 is 0 Å². The number of nitriles is 1. The average Bonchev–Trinajstić information content (AvgIpc) is 2.28. The summed E-state index contributed by atoms with van der Waals surface area (Å²) >= 11 is 0. The van der Waals surface area contributed by atoms with Gasteiger partial charge in [0.2, 0.25) is 5.95 Å². The lowest BCUT2D eigenvalue weighted by Gasteiger charge is -2.48. The molecular weight excluding hydrogens is 190 g/mol. The van der Waals surface area contributed by atoms with Gasteiger partial charge in [-0.15, -0.1) is 0 Å². The van der Waals surface area contributed by atoms with Gasteiger partial charge >= 0.3 is 0 Å². The monoisotopic (exact) mass is 201 g/mol. The minimum atomic E-state index is 0.513. The Labute approximate surface area is 87.8 Å². The third-order valence-corrected chi connectivity index (χ3v) is 2.97. The molecule has 1 N–H and O–H groups in total. The van der Waals surface area contributed by atoms with Gasteiger partial charge in [-0.25, -0.2) is 9.97 Å². The van der Waals surface area contributed by atoms with Crippen molar-refractivity contribution in [3.05, 3.63) is 18.0 Å². The van der Waals surface area contributed by atoms with Crippen molar-refractivity contribution in [2.24, 2.45) is 0 Å². The molecule has 3 fully saturated rings. The van der Waals surface area contributed by atoms with Crippen LogP contribution in [0.3, 0.4) is 0 Å². The fourth-order valence-electron chi connectivity index (χ4n) is 2.22. The topological polar surface area (TPSA) is 64.8 Å². The van der Waals surface area contributed by atoms with Gasteiger partial charge in [0.1, 0.15) is 6.07 Å². The Morgan fingerprint density at radius 3 is 2.47 bits per heavy atom. The largest absolute Gasteiger partial charge is 0.338 e. The lowest BCUT2D eigenvalue weighted by Crippen LogP contribution is -2.67. The molecule has 0 radical (unpaired) electrons. The van der Waals surface area contributed by atoms with Gasteiger partial charge in [0.05, 0.1) is 18.0 Å². The predicted molar refractivity (Wildman–Crippen MR) is 54.3 cm³/mol. The molecule has 2 atom stereocenters. The van der Waals surface area contributed by atoms with E-state index in [4.69, 9.17) is 5.26 Å². The van der Waals surface area contributed by atoms with E-state index in [0.717, 1.165) is 19.0 Å². The van der Waals surface area contributed by atoms with Gasteiger partial charge in [0.15, 0.2) is 0 Å². The van der Waals surface area contributed by atoms with Crippen LogP contribution in [-0.4, -0.2) is 35.1 Å². The number of nitrogens with zero attached hydrogens (tertiary/aromatic N) is 4. The zero-order valence-corrected chi connectivity index (χ0v) is 8.22. The third-order valence-electron chi connectivity index (χ3n) is 2.97. The summed E-state index contributed by atoms with van der Waals surface area (Å²) in [4.78, 5) is 10.6. The summed E-state index contributed by atoms with van der Waals surface area (Å²) in [7, 11) is 0. The van der Waals surface area contributed by atoms with Crippen molar-refractivity contribution in [1.29, 1.82) is 5.26 Å². The molecule has 4 heterocycles. The Morgan fingerprint density at radius 1 is 1.33 bits per heavy atom. The highest BCUT2D eigenvalue weighted by molar-refractivity contribution is 5.36. The average molecular weight is 201 g/mol. The van der Waals surface area contributed by atoms with Crippen molar-refractivity contribution in [3.8, 4) is 6.07 Å². The van der Waals surface area contributed by atoms with E-state index in [1.54, 1.807) is 12.4 Å². The van der Waals surface area contributed by atoms with Crippen molar-refractivity contribution in [2.45, 2.75) is 18.5 Å². The quantitative estimate of drug-likeness (QED) is 0.687. The molecule has 3 saturated heterocycles. The summed E-state index contributed by atoms with van der Waals surface area (Å²) in [5.41, 5.74) is 0.513. The zero-order chi connectivity index (χ0) is 10.3. The first-order valence-corrected chi connectivity index (χ1v) is 5.08. The Morgan fingerprint density at radius 2 is 1.93 bits per heavy atom. The number of hydrogen-bond donors (Lipinski definition) is 1. The number of hydrogen-bond acceptors (Lipinski definition) is 5. The van der Waals surface area contributed by atoms with E-state index >= 15 is 0 Å². The first-order chi connectivity index (χ1) is 7.35. The van der Waals surface area contributed by atoms with E-state index in [9.17, 15) is 0 Å². The number of fused-ring (bicyclic) bond motifs is 2. The second-order valence-electron chi connectivity index (χ2n) is 4.08. The van der Waals surface area contributed by atoms with Crippen LogP contribution < -0.4 is 10.2 Å². The molecule has 4 rings (SSSR count). The molecule has 15 heavy (non-hydrogen) atoms. The highest BCUT2D eigenvalue weighted by atomic mass is 15.3. The molecule has 3 aliphatic rings. The van der Waals surface area contributed by atoms with Crippen LogP contribution in [0.25, 0.3) is 0 Å². The highest BCUT2D eigenvalue weighted by Crippen LogP contribution is 2.23. The fourth-order valence-corrected chi connectivity index (χ4v) is 2.22. The first-order valence-electron chi connectivity index (χ1n) is 5.08. The summed E-state index contributed by atoms with van der Waals surface area (Å²) in [5, 5.41) is 12.1. The third kappa shape index (κ3) is 1.43.